The number of hydrogen-bond donors (Lipinski definition) is 0. The monoisotopic (exact) mass is 1080 g/mol. The molecule has 0 spiro atoms. The summed E-state index contributed by atoms with van der Waals surface area (Å²) in [5.41, 5.74) is 6.85. The van der Waals surface area contributed by atoms with Gasteiger partial charge in [-0.1, -0.05) is 248 Å². The summed E-state index contributed by atoms with van der Waals surface area (Å²) in [6.07, 6.45) is 37.9. The Labute approximate surface area is 467 Å². The van der Waals surface area contributed by atoms with E-state index < -0.39 is 26.1 Å². The van der Waals surface area contributed by atoms with Crippen LogP contribution in [0, 0.1) is 0 Å². The average molecular weight is 1080 g/mol. The van der Waals surface area contributed by atoms with Crippen molar-refractivity contribution in [2.75, 3.05) is 39.3 Å². The standard InChI is InChI=1S/C66H102N3O7P/c1-4-7-10-13-16-19-22-25-28-31-55-34-40-58(41-35-55)46-64(70)67-49-61(50-67)74-77(73,75-62-51-68(52-62)65(71)47-59-42-36-56(37-43-59)32-29-26-23-20-17-14-11-8-5-2)76-63-53-69(54-63)66(72)48-60-44-38-57(39-45-60)33-30-27-24-21-18-15-12-9-6-3/h34-45,61-63H,4-33,46-54H2,1-3H3. The highest BCUT2D eigenvalue weighted by molar-refractivity contribution is 7.48. The molecule has 3 amide bonds. The van der Waals surface area contributed by atoms with Gasteiger partial charge in [-0.25, -0.2) is 4.57 Å². The van der Waals surface area contributed by atoms with Gasteiger partial charge < -0.3 is 14.7 Å². The Kier molecular flexibility index (Phi) is 28.9. The zero-order valence-corrected chi connectivity index (χ0v) is 49.3. The lowest BCUT2D eigenvalue weighted by atomic mass is 10.0. The number of phosphoric acid groups is 1. The Bertz CT molecular complexity index is 1910. The van der Waals surface area contributed by atoms with Crippen molar-refractivity contribution < 1.29 is 32.5 Å². The maximum Gasteiger partial charge on any atom is 0.475 e. The van der Waals surface area contributed by atoms with Gasteiger partial charge in [-0.05, 0) is 71.9 Å². The molecule has 0 aromatic heterocycles. The second-order valence-electron chi connectivity index (χ2n) is 23.2. The third-order valence-corrected chi connectivity index (χ3v) is 17.9. The van der Waals surface area contributed by atoms with E-state index in [1.54, 1.807) is 14.7 Å². The van der Waals surface area contributed by atoms with Crippen LogP contribution < -0.4 is 0 Å². The first-order valence-corrected chi connectivity index (χ1v) is 32.8. The van der Waals surface area contributed by atoms with Crippen molar-refractivity contribution in [2.24, 2.45) is 0 Å². The highest BCUT2D eigenvalue weighted by Crippen LogP contribution is 2.55. The lowest BCUT2D eigenvalue weighted by Gasteiger charge is -2.45. The fourth-order valence-corrected chi connectivity index (χ4v) is 12.6. The zero-order chi connectivity index (χ0) is 54.3. The first-order chi connectivity index (χ1) is 37.6. The number of hydrogen-bond acceptors (Lipinski definition) is 7. The molecule has 428 valence electrons. The summed E-state index contributed by atoms with van der Waals surface area (Å²) in [5.74, 6) is -0.0100. The van der Waals surface area contributed by atoms with Crippen molar-refractivity contribution in [2.45, 2.75) is 251 Å². The van der Waals surface area contributed by atoms with Gasteiger partial charge in [0, 0.05) is 39.3 Å². The van der Waals surface area contributed by atoms with Crippen molar-refractivity contribution in [3.05, 3.63) is 106 Å². The van der Waals surface area contributed by atoms with Crippen molar-refractivity contribution in [1.29, 1.82) is 0 Å². The van der Waals surface area contributed by atoms with Gasteiger partial charge in [-0.3, -0.25) is 28.0 Å². The summed E-state index contributed by atoms with van der Waals surface area (Å²) in [6.45, 7) is 8.49. The smallest absolute Gasteiger partial charge is 0.337 e. The van der Waals surface area contributed by atoms with E-state index in [1.807, 2.05) is 0 Å². The van der Waals surface area contributed by atoms with E-state index in [-0.39, 0.29) is 57.0 Å². The molecule has 0 atom stereocenters. The van der Waals surface area contributed by atoms with E-state index in [0.29, 0.717) is 19.3 Å². The van der Waals surface area contributed by atoms with E-state index in [4.69, 9.17) is 13.6 Å². The van der Waals surface area contributed by atoms with Crippen LogP contribution in [0.5, 0.6) is 0 Å². The molecule has 77 heavy (non-hydrogen) atoms. The summed E-state index contributed by atoms with van der Waals surface area (Å²) in [7, 11) is -4.15. The molecule has 0 N–H and O–H groups in total. The number of benzene rings is 3. The van der Waals surface area contributed by atoms with Gasteiger partial charge in [0.15, 0.2) is 0 Å². The Morgan fingerprint density at radius 1 is 0.338 bits per heavy atom. The number of aryl methyl sites for hydroxylation is 3. The molecule has 11 heteroatoms. The normalized spacial score (nSPS) is 15.2. The van der Waals surface area contributed by atoms with Crippen LogP contribution in [0.15, 0.2) is 72.8 Å². The quantitative estimate of drug-likeness (QED) is 0.0411. The summed E-state index contributed by atoms with van der Waals surface area (Å²) >= 11 is 0. The van der Waals surface area contributed by atoms with Crippen molar-refractivity contribution in [1.82, 2.24) is 14.7 Å². The predicted molar refractivity (Wildman–Crippen MR) is 315 cm³/mol. The minimum atomic E-state index is -4.15. The minimum absolute atomic E-state index is 0.00335. The van der Waals surface area contributed by atoms with Gasteiger partial charge >= 0.3 is 7.82 Å². The van der Waals surface area contributed by atoms with Crippen LogP contribution >= 0.6 is 7.82 Å². The predicted octanol–water partition coefficient (Wildman–Crippen LogP) is 15.7. The second-order valence-corrected chi connectivity index (χ2v) is 24.8. The Balaban J connectivity index is 0.924. The van der Waals surface area contributed by atoms with Crippen LogP contribution in [-0.4, -0.2) is 90.0 Å². The Hall–Kier alpha value is -3.82. The van der Waals surface area contributed by atoms with Gasteiger partial charge in [-0.2, -0.15) is 0 Å². The van der Waals surface area contributed by atoms with Crippen molar-refractivity contribution in [3.63, 3.8) is 0 Å². The van der Waals surface area contributed by atoms with Crippen molar-refractivity contribution in [3.8, 4) is 0 Å². The second kappa shape index (κ2) is 35.7. The van der Waals surface area contributed by atoms with Gasteiger partial charge in [0.2, 0.25) is 17.7 Å². The molecule has 3 heterocycles. The maximum absolute atomic E-state index is 14.6. The van der Waals surface area contributed by atoms with E-state index in [1.165, 1.54) is 190 Å². The topological polar surface area (TPSA) is 106 Å². The van der Waals surface area contributed by atoms with Crippen LogP contribution in [0.2, 0.25) is 0 Å². The summed E-state index contributed by atoms with van der Waals surface area (Å²) < 4.78 is 33.1. The molecule has 6 rings (SSSR count). The van der Waals surface area contributed by atoms with Crippen molar-refractivity contribution >= 4 is 25.5 Å². The van der Waals surface area contributed by atoms with Crippen LogP contribution in [0.25, 0.3) is 0 Å². The molecular formula is C66H102N3O7P. The molecule has 0 radical (unpaired) electrons. The fourth-order valence-electron chi connectivity index (χ4n) is 11.0. The molecule has 3 aliphatic rings. The minimum Gasteiger partial charge on any atom is -0.337 e. The SMILES string of the molecule is CCCCCCCCCCCc1ccc(CC(=O)N2CC(OP(=O)(OC3CN(C(=O)Cc4ccc(CCCCCCCCCCC)cc4)C3)OC3CN(C(=O)Cc4ccc(CCCCCCCCCCC)cc4)C3)C2)cc1. The molecule has 3 aromatic rings. The molecule has 3 aliphatic heterocycles. The fraction of sp³-hybridized carbons (Fsp3) is 0.682. The van der Waals surface area contributed by atoms with Gasteiger partial charge in [0.05, 0.1) is 19.3 Å². The van der Waals surface area contributed by atoms with E-state index in [9.17, 15) is 18.9 Å². The van der Waals surface area contributed by atoms with E-state index in [0.717, 1.165) is 36.0 Å². The summed E-state index contributed by atoms with van der Waals surface area (Å²) in [5, 5.41) is 0. The number of rotatable bonds is 42. The number of likely N-dealkylation sites (tertiary alicyclic amines) is 3. The first kappa shape index (κ1) is 62.4. The highest BCUT2D eigenvalue weighted by Gasteiger charge is 2.47. The van der Waals surface area contributed by atoms with Gasteiger partial charge in [0.25, 0.3) is 0 Å². The number of carbonyl (C=O) groups is 3. The lowest BCUT2D eigenvalue weighted by molar-refractivity contribution is -0.146. The average Bonchev–Trinajstić information content (AvgIpc) is 3.40. The molecule has 10 nitrogen and oxygen atoms in total. The highest BCUT2D eigenvalue weighted by atomic mass is 31.2. The van der Waals surface area contributed by atoms with Crippen LogP contribution in [0.1, 0.15) is 228 Å². The summed E-state index contributed by atoms with van der Waals surface area (Å²) in [4.78, 5) is 45.3. The molecule has 0 aliphatic carbocycles. The number of unbranched alkanes of at least 4 members (excludes halogenated alkanes) is 24. The molecule has 0 bridgehead atoms. The molecule has 0 unspecified atom stereocenters. The number of amides is 3. The van der Waals surface area contributed by atoms with E-state index >= 15 is 0 Å². The third-order valence-electron chi connectivity index (χ3n) is 16.3. The first-order valence-electron chi connectivity index (χ1n) is 31.3. The zero-order valence-electron chi connectivity index (χ0n) is 48.4. The van der Waals surface area contributed by atoms with Crippen LogP contribution in [-0.2, 0) is 71.0 Å². The van der Waals surface area contributed by atoms with Crippen LogP contribution in [0.4, 0.5) is 0 Å². The summed E-state index contributed by atoms with van der Waals surface area (Å²) in [6, 6.07) is 25.3. The largest absolute Gasteiger partial charge is 0.475 e. The van der Waals surface area contributed by atoms with Gasteiger partial charge in [0.1, 0.15) is 18.3 Å². The molecule has 3 aromatic carbocycles. The van der Waals surface area contributed by atoms with E-state index in [2.05, 4.69) is 93.6 Å². The van der Waals surface area contributed by atoms with Crippen LogP contribution in [0.3, 0.4) is 0 Å². The number of carbonyl (C=O) groups excluding carboxylic acids is 3. The Morgan fingerprint density at radius 2 is 0.532 bits per heavy atom. The number of nitrogens with zero attached hydrogens (tertiary/aromatic N) is 3. The molecule has 3 fully saturated rings. The lowest BCUT2D eigenvalue weighted by Crippen LogP contribution is -2.58. The maximum atomic E-state index is 14.6. The third kappa shape index (κ3) is 23.8. The molecular weight excluding hydrogens is 978 g/mol. The molecule has 3 saturated heterocycles. The number of phosphoric ester groups is 1. The molecule has 0 saturated carbocycles. The Morgan fingerprint density at radius 3 is 0.753 bits per heavy atom. The van der Waals surface area contributed by atoms with Gasteiger partial charge in [-0.15, -0.1) is 0 Å².